The van der Waals surface area contributed by atoms with Gasteiger partial charge in [0, 0.05) is 6.42 Å². The second-order valence-corrected chi connectivity index (χ2v) is 13.2. The Labute approximate surface area is 137 Å². The first kappa shape index (κ1) is 17.8. The van der Waals surface area contributed by atoms with Gasteiger partial charge in [-0.3, -0.25) is 0 Å². The zero-order valence-electron chi connectivity index (χ0n) is 15.2. The minimum atomic E-state index is -1.53. The number of allylic oxidation sites excluding steroid dienone is 3. The van der Waals surface area contributed by atoms with Crippen molar-refractivity contribution < 1.29 is 9.47 Å². The summed E-state index contributed by atoms with van der Waals surface area (Å²) in [6.45, 7) is 16.6. The molecule has 22 heavy (non-hydrogen) atoms. The normalized spacial score (nSPS) is 21.3. The third-order valence-electron chi connectivity index (χ3n) is 5.56. The molecule has 0 unspecified atom stereocenters. The first-order chi connectivity index (χ1) is 10.2. The third kappa shape index (κ3) is 3.87. The molecule has 2 aliphatic heterocycles. The van der Waals surface area contributed by atoms with Gasteiger partial charge in [0.15, 0.2) is 6.29 Å². The maximum Gasteiger partial charge on any atom is 0.272 e. The van der Waals surface area contributed by atoms with E-state index in [0.717, 1.165) is 32.5 Å². The van der Waals surface area contributed by atoms with Crippen LogP contribution in [0.25, 0.3) is 0 Å². The van der Waals surface area contributed by atoms with Gasteiger partial charge in [0.05, 0.1) is 13.2 Å². The zero-order valence-corrected chi connectivity index (χ0v) is 16.2. The Balaban J connectivity index is 1.99. The number of rotatable bonds is 4. The van der Waals surface area contributed by atoms with Crippen LogP contribution in [0, 0.1) is 0 Å². The van der Waals surface area contributed by atoms with Gasteiger partial charge in [0.2, 0.25) is 0 Å². The molecular formula is C17H32BNO2Si. The van der Waals surface area contributed by atoms with E-state index in [2.05, 4.69) is 63.5 Å². The van der Waals surface area contributed by atoms with Crippen LogP contribution in [-0.4, -0.2) is 39.1 Å². The van der Waals surface area contributed by atoms with Crippen LogP contribution in [0.1, 0.15) is 40.0 Å². The predicted octanol–water partition coefficient (Wildman–Crippen LogP) is 4.45. The second kappa shape index (κ2) is 6.93. The fourth-order valence-corrected chi connectivity index (χ4v) is 5.41. The van der Waals surface area contributed by atoms with Crippen LogP contribution in [0.15, 0.2) is 23.8 Å². The summed E-state index contributed by atoms with van der Waals surface area (Å²) in [6, 6.07) is 0. The molecule has 0 aliphatic carbocycles. The molecule has 0 aromatic heterocycles. The van der Waals surface area contributed by atoms with Gasteiger partial charge < -0.3 is 14.0 Å². The Morgan fingerprint density at radius 1 is 1.27 bits per heavy atom. The molecule has 0 bridgehead atoms. The molecule has 124 valence electrons. The maximum atomic E-state index is 5.68. The lowest BCUT2D eigenvalue weighted by atomic mass is 9.55. The fraction of sp³-hybridized carbons (Fsp3) is 0.765. The van der Waals surface area contributed by atoms with Gasteiger partial charge >= 0.3 is 0 Å². The molecule has 0 amide bonds. The van der Waals surface area contributed by atoms with E-state index in [-0.39, 0.29) is 6.29 Å². The average Bonchev–Trinajstić information content (AvgIpc) is 2.46. The van der Waals surface area contributed by atoms with Crippen LogP contribution in [-0.2, 0) is 9.47 Å². The Bertz CT molecular complexity index is 436. The van der Waals surface area contributed by atoms with E-state index in [4.69, 9.17) is 9.47 Å². The van der Waals surface area contributed by atoms with Crippen molar-refractivity contribution in [3.63, 3.8) is 0 Å². The van der Waals surface area contributed by atoms with Gasteiger partial charge in [-0.25, -0.2) is 0 Å². The lowest BCUT2D eigenvalue weighted by molar-refractivity contribution is -0.180. The molecule has 0 spiro atoms. The monoisotopic (exact) mass is 321 g/mol. The summed E-state index contributed by atoms with van der Waals surface area (Å²) in [6.07, 6.45) is 9.86. The standard InChI is InChI=1S/C17H32BNO2Si/c1-17(2,3)22(5,6)19-12-7-9-15(18(19)4)10-11-16-20-13-8-14-21-16/h7,9,12,16H,8,10-11,13-14H2,1-6H3. The first-order valence-electron chi connectivity index (χ1n) is 8.62. The van der Waals surface area contributed by atoms with E-state index in [1.807, 2.05) is 0 Å². The lowest BCUT2D eigenvalue weighted by Crippen LogP contribution is -2.58. The Morgan fingerprint density at radius 2 is 1.91 bits per heavy atom. The van der Waals surface area contributed by atoms with Crippen molar-refractivity contribution in [2.75, 3.05) is 13.2 Å². The molecule has 1 fully saturated rings. The van der Waals surface area contributed by atoms with E-state index in [0.29, 0.717) is 11.9 Å². The van der Waals surface area contributed by atoms with Gasteiger partial charge in [0.1, 0.15) is 8.24 Å². The van der Waals surface area contributed by atoms with Crippen molar-refractivity contribution in [1.29, 1.82) is 0 Å². The van der Waals surface area contributed by atoms with Gasteiger partial charge in [0.25, 0.3) is 6.85 Å². The van der Waals surface area contributed by atoms with Crippen molar-refractivity contribution in [2.24, 2.45) is 0 Å². The summed E-state index contributed by atoms with van der Waals surface area (Å²) in [5.41, 5.74) is 1.50. The lowest BCUT2D eigenvalue weighted by Gasteiger charge is -2.49. The fourth-order valence-electron chi connectivity index (χ4n) is 3.04. The number of hydrogen-bond donors (Lipinski definition) is 0. The summed E-state index contributed by atoms with van der Waals surface area (Å²) in [5, 5.41) is 0.351. The summed E-state index contributed by atoms with van der Waals surface area (Å²) in [7, 11) is -1.53. The quantitative estimate of drug-likeness (QED) is 0.714. The maximum absolute atomic E-state index is 5.68. The molecule has 2 rings (SSSR count). The van der Waals surface area contributed by atoms with E-state index < -0.39 is 8.24 Å². The zero-order chi connectivity index (χ0) is 16.4. The van der Waals surface area contributed by atoms with E-state index in [1.165, 1.54) is 5.47 Å². The number of hydrogen-bond acceptors (Lipinski definition) is 3. The minimum Gasteiger partial charge on any atom is -0.445 e. The topological polar surface area (TPSA) is 21.7 Å². The highest BCUT2D eigenvalue weighted by atomic mass is 28.3. The van der Waals surface area contributed by atoms with Gasteiger partial charge in [-0.05, 0) is 30.2 Å². The van der Waals surface area contributed by atoms with Crippen LogP contribution in [0.4, 0.5) is 0 Å². The molecule has 2 heterocycles. The summed E-state index contributed by atoms with van der Waals surface area (Å²) in [4.78, 5) is 0. The summed E-state index contributed by atoms with van der Waals surface area (Å²) in [5.74, 6) is 0. The third-order valence-corrected chi connectivity index (χ3v) is 11.1. The van der Waals surface area contributed by atoms with Crippen LogP contribution >= 0.6 is 0 Å². The Kier molecular flexibility index (Phi) is 5.62. The minimum absolute atomic E-state index is 0.00548. The van der Waals surface area contributed by atoms with Gasteiger partial charge in [-0.15, -0.1) is 0 Å². The van der Waals surface area contributed by atoms with Gasteiger partial charge in [-0.2, -0.15) is 0 Å². The highest BCUT2D eigenvalue weighted by molar-refractivity contribution is 6.88. The molecule has 0 aromatic carbocycles. The first-order valence-corrected chi connectivity index (χ1v) is 11.6. The van der Waals surface area contributed by atoms with Crippen molar-refractivity contribution >= 4 is 15.1 Å². The Morgan fingerprint density at radius 3 is 2.50 bits per heavy atom. The highest BCUT2D eigenvalue weighted by Gasteiger charge is 2.43. The molecule has 5 heteroatoms. The number of ether oxygens (including phenoxy) is 2. The van der Waals surface area contributed by atoms with Gasteiger partial charge in [-0.1, -0.05) is 52.2 Å². The van der Waals surface area contributed by atoms with Crippen LogP contribution in [0.3, 0.4) is 0 Å². The molecule has 3 nitrogen and oxygen atoms in total. The van der Waals surface area contributed by atoms with Crippen molar-refractivity contribution in [2.45, 2.75) is 71.3 Å². The smallest absolute Gasteiger partial charge is 0.272 e. The van der Waals surface area contributed by atoms with Crippen LogP contribution in [0.5, 0.6) is 0 Å². The molecule has 0 aromatic rings. The predicted molar refractivity (Wildman–Crippen MR) is 97.4 cm³/mol. The van der Waals surface area contributed by atoms with E-state index in [1.54, 1.807) is 0 Å². The number of nitrogens with zero attached hydrogens (tertiary/aromatic N) is 1. The molecule has 0 atom stereocenters. The van der Waals surface area contributed by atoms with Crippen molar-refractivity contribution in [3.8, 4) is 0 Å². The van der Waals surface area contributed by atoms with E-state index >= 15 is 0 Å². The summed E-state index contributed by atoms with van der Waals surface area (Å²) >= 11 is 0. The highest BCUT2D eigenvalue weighted by Crippen LogP contribution is 2.40. The molecule has 1 saturated heterocycles. The average molecular weight is 321 g/mol. The van der Waals surface area contributed by atoms with Crippen molar-refractivity contribution in [3.05, 3.63) is 23.8 Å². The van der Waals surface area contributed by atoms with E-state index in [9.17, 15) is 0 Å². The molecule has 0 N–H and O–H groups in total. The van der Waals surface area contributed by atoms with Crippen molar-refractivity contribution in [1.82, 2.24) is 4.48 Å². The summed E-state index contributed by atoms with van der Waals surface area (Å²) < 4.78 is 14.0. The van der Waals surface area contributed by atoms with Crippen LogP contribution in [0.2, 0.25) is 25.0 Å². The Hall–Kier alpha value is -0.518. The molecule has 0 radical (unpaired) electrons. The SMILES string of the molecule is CB1C(CCC2OCCCO2)=CC=CN1[Si](C)(C)C(C)(C)C. The molecule has 2 aliphatic rings. The van der Waals surface area contributed by atoms with Crippen LogP contribution < -0.4 is 0 Å². The molecular weight excluding hydrogens is 289 g/mol. The second-order valence-electron chi connectivity index (χ2n) is 8.04. The largest absolute Gasteiger partial charge is 0.445 e. The molecule has 0 saturated carbocycles.